The number of ketones is 1. The molecule has 1 aromatic carbocycles. The van der Waals surface area contributed by atoms with E-state index in [-0.39, 0.29) is 24.1 Å². The molecule has 1 aliphatic carbocycles. The smallest absolute Gasteiger partial charge is 0.374 e. The van der Waals surface area contributed by atoms with Gasteiger partial charge in [0.1, 0.15) is 5.76 Å². The van der Waals surface area contributed by atoms with Crippen molar-refractivity contribution in [1.29, 1.82) is 0 Å². The quantitative estimate of drug-likeness (QED) is 0.409. The van der Waals surface area contributed by atoms with Gasteiger partial charge in [0, 0.05) is 17.7 Å². The summed E-state index contributed by atoms with van der Waals surface area (Å²) < 4.78 is 10.6. The van der Waals surface area contributed by atoms with Crippen molar-refractivity contribution in [2.75, 3.05) is 13.2 Å². The van der Waals surface area contributed by atoms with E-state index < -0.39 is 5.97 Å². The fourth-order valence-corrected chi connectivity index (χ4v) is 3.22. The number of nitrogens with one attached hydrogen (secondary N) is 1. The normalized spacial score (nSPS) is 13.5. The minimum absolute atomic E-state index is 0.0194. The van der Waals surface area contributed by atoms with Gasteiger partial charge in [-0.1, -0.05) is 35.9 Å². The monoisotopic (exact) mass is 395 g/mol. The zero-order chi connectivity index (χ0) is 20.6. The molecule has 0 atom stereocenters. The highest BCUT2D eigenvalue weighted by molar-refractivity contribution is 5.94. The maximum absolute atomic E-state index is 12.1. The molecule has 0 saturated heterocycles. The lowest BCUT2D eigenvalue weighted by molar-refractivity contribution is -0.124. The van der Waals surface area contributed by atoms with E-state index in [4.69, 9.17) is 9.15 Å². The maximum atomic E-state index is 12.1. The third-order valence-corrected chi connectivity index (χ3v) is 4.87. The fourth-order valence-electron chi connectivity index (χ4n) is 3.22. The van der Waals surface area contributed by atoms with Crippen molar-refractivity contribution in [2.45, 2.75) is 39.0 Å². The summed E-state index contributed by atoms with van der Waals surface area (Å²) in [5.41, 5.74) is 2.72. The molecule has 29 heavy (non-hydrogen) atoms. The Bertz CT molecular complexity index is 908. The van der Waals surface area contributed by atoms with Crippen LogP contribution in [-0.2, 0) is 9.53 Å². The number of hydrogen-bond donors (Lipinski definition) is 1. The van der Waals surface area contributed by atoms with Crippen molar-refractivity contribution < 1.29 is 23.5 Å². The number of furan rings is 1. The van der Waals surface area contributed by atoms with Crippen LogP contribution in [0, 0.1) is 0 Å². The number of esters is 1. The van der Waals surface area contributed by atoms with Crippen LogP contribution in [0.1, 0.15) is 59.9 Å². The molecule has 0 fully saturated rings. The average molecular weight is 395 g/mol. The molecule has 6 heteroatoms. The number of amides is 1. The molecule has 2 aromatic rings. The second-order valence-electron chi connectivity index (χ2n) is 7.08. The van der Waals surface area contributed by atoms with Gasteiger partial charge in [-0.15, -0.1) is 0 Å². The summed E-state index contributed by atoms with van der Waals surface area (Å²) in [6.45, 7) is 1.70. The van der Waals surface area contributed by atoms with Crippen LogP contribution in [0.5, 0.6) is 0 Å². The van der Waals surface area contributed by atoms with Gasteiger partial charge >= 0.3 is 5.97 Å². The van der Waals surface area contributed by atoms with Crippen LogP contribution in [0.15, 0.2) is 52.5 Å². The van der Waals surface area contributed by atoms with Crippen LogP contribution in [0.4, 0.5) is 0 Å². The molecule has 0 spiro atoms. The van der Waals surface area contributed by atoms with Gasteiger partial charge in [-0.3, -0.25) is 9.59 Å². The minimum atomic E-state index is -0.693. The van der Waals surface area contributed by atoms with E-state index in [0.29, 0.717) is 17.9 Å². The van der Waals surface area contributed by atoms with E-state index in [1.807, 2.05) is 0 Å². The van der Waals surface area contributed by atoms with E-state index in [2.05, 4.69) is 11.4 Å². The van der Waals surface area contributed by atoms with Gasteiger partial charge in [0.25, 0.3) is 5.91 Å². The van der Waals surface area contributed by atoms with Crippen molar-refractivity contribution in [3.05, 3.63) is 59.4 Å². The van der Waals surface area contributed by atoms with Gasteiger partial charge in [0.2, 0.25) is 5.76 Å². The minimum Gasteiger partial charge on any atom is -0.450 e. The van der Waals surface area contributed by atoms with Gasteiger partial charge in [0.15, 0.2) is 12.4 Å². The molecule has 0 radical (unpaired) electrons. The molecular weight excluding hydrogens is 370 g/mol. The Hall–Kier alpha value is -3.15. The molecule has 0 aliphatic heterocycles. The molecule has 3 rings (SSSR count). The highest BCUT2D eigenvalue weighted by atomic mass is 16.5. The fraction of sp³-hybridized carbons (Fsp3) is 0.348. The first-order valence-electron chi connectivity index (χ1n) is 9.86. The molecule has 152 valence electrons. The second-order valence-corrected chi connectivity index (χ2v) is 7.08. The first-order valence-corrected chi connectivity index (χ1v) is 9.86. The standard InChI is InChI=1S/C23H25NO5/c1-16(25)18-7-9-19(10-8-18)20-11-12-21(29-20)23(27)28-15-22(26)24-14-13-17-5-3-2-4-6-17/h5,7-12H,2-4,6,13-15H2,1H3,(H,24,26). The number of carbonyl (C=O) groups is 3. The molecule has 0 saturated carbocycles. The summed E-state index contributed by atoms with van der Waals surface area (Å²) in [6.07, 6.45) is 7.75. The number of ether oxygens (including phenoxy) is 1. The largest absolute Gasteiger partial charge is 0.450 e. The summed E-state index contributed by atoms with van der Waals surface area (Å²) in [4.78, 5) is 35.3. The summed E-state index contributed by atoms with van der Waals surface area (Å²) in [5, 5.41) is 2.77. The van der Waals surface area contributed by atoms with Crippen molar-refractivity contribution >= 4 is 17.7 Å². The molecule has 1 amide bonds. The predicted molar refractivity (Wildman–Crippen MR) is 109 cm³/mol. The zero-order valence-electron chi connectivity index (χ0n) is 16.5. The number of hydrogen-bond acceptors (Lipinski definition) is 5. The SMILES string of the molecule is CC(=O)c1ccc(-c2ccc(C(=O)OCC(=O)NCCC3=CCCCC3)o2)cc1. The van der Waals surface area contributed by atoms with E-state index in [1.54, 1.807) is 30.3 Å². The Morgan fingerprint density at radius 2 is 1.86 bits per heavy atom. The second kappa shape index (κ2) is 9.87. The van der Waals surface area contributed by atoms with Crippen molar-refractivity contribution in [3.8, 4) is 11.3 Å². The van der Waals surface area contributed by atoms with Crippen molar-refractivity contribution in [2.24, 2.45) is 0 Å². The Morgan fingerprint density at radius 1 is 1.07 bits per heavy atom. The van der Waals surface area contributed by atoms with Crippen molar-refractivity contribution in [1.82, 2.24) is 5.32 Å². The molecule has 1 aromatic heterocycles. The lowest BCUT2D eigenvalue weighted by Crippen LogP contribution is -2.29. The topological polar surface area (TPSA) is 85.6 Å². The van der Waals surface area contributed by atoms with Crippen LogP contribution < -0.4 is 5.32 Å². The van der Waals surface area contributed by atoms with Gasteiger partial charge in [0.05, 0.1) is 0 Å². The van der Waals surface area contributed by atoms with Crippen LogP contribution >= 0.6 is 0 Å². The lowest BCUT2D eigenvalue weighted by Gasteiger charge is -2.12. The highest BCUT2D eigenvalue weighted by Gasteiger charge is 2.15. The number of benzene rings is 1. The van der Waals surface area contributed by atoms with Gasteiger partial charge in [-0.2, -0.15) is 0 Å². The Balaban J connectivity index is 1.45. The summed E-state index contributed by atoms with van der Waals surface area (Å²) >= 11 is 0. The van der Waals surface area contributed by atoms with Gasteiger partial charge < -0.3 is 14.5 Å². The third-order valence-electron chi connectivity index (χ3n) is 4.87. The average Bonchev–Trinajstić information content (AvgIpc) is 3.23. The Kier molecular flexibility index (Phi) is 7.00. The van der Waals surface area contributed by atoms with Crippen LogP contribution in [0.25, 0.3) is 11.3 Å². The first kappa shape index (κ1) is 20.6. The number of allylic oxidation sites excluding steroid dienone is 1. The summed E-state index contributed by atoms with van der Waals surface area (Å²) in [7, 11) is 0. The van der Waals surface area contributed by atoms with Crippen LogP contribution in [0.3, 0.4) is 0 Å². The Labute approximate surface area is 169 Å². The van der Waals surface area contributed by atoms with Crippen LogP contribution in [-0.4, -0.2) is 30.8 Å². The highest BCUT2D eigenvalue weighted by Crippen LogP contribution is 2.23. The summed E-state index contributed by atoms with van der Waals surface area (Å²) in [6, 6.07) is 10.1. The first-order chi connectivity index (χ1) is 14.0. The number of carbonyl (C=O) groups excluding carboxylic acids is 3. The van der Waals surface area contributed by atoms with Gasteiger partial charge in [-0.05, 0) is 51.2 Å². The molecule has 6 nitrogen and oxygen atoms in total. The van der Waals surface area contributed by atoms with E-state index >= 15 is 0 Å². The molecule has 1 heterocycles. The summed E-state index contributed by atoms with van der Waals surface area (Å²) in [5.74, 6) is -0.537. The van der Waals surface area contributed by atoms with Crippen molar-refractivity contribution in [3.63, 3.8) is 0 Å². The number of rotatable bonds is 8. The third kappa shape index (κ3) is 5.91. The van der Waals surface area contributed by atoms with Gasteiger partial charge in [-0.25, -0.2) is 4.79 Å². The van der Waals surface area contributed by atoms with Crippen LogP contribution in [0.2, 0.25) is 0 Å². The van der Waals surface area contributed by atoms with E-state index in [1.165, 1.54) is 31.4 Å². The lowest BCUT2D eigenvalue weighted by atomic mass is 9.97. The Morgan fingerprint density at radius 3 is 2.55 bits per heavy atom. The number of Topliss-reactive ketones (excluding diaryl/α,β-unsaturated/α-hetero) is 1. The molecule has 0 bridgehead atoms. The molecular formula is C23H25NO5. The van der Waals surface area contributed by atoms with E-state index in [0.717, 1.165) is 24.8 Å². The van der Waals surface area contributed by atoms with E-state index in [9.17, 15) is 14.4 Å². The zero-order valence-corrected chi connectivity index (χ0v) is 16.5. The maximum Gasteiger partial charge on any atom is 0.374 e. The molecule has 1 N–H and O–H groups in total. The predicted octanol–water partition coefficient (Wildman–Crippen LogP) is 4.31. The molecule has 0 unspecified atom stereocenters. The molecule has 1 aliphatic rings.